The number of piperidine rings is 1. The quantitative estimate of drug-likeness (QED) is 0.341. The van der Waals surface area contributed by atoms with E-state index in [1.807, 2.05) is 41.5 Å². The fourth-order valence-electron chi connectivity index (χ4n) is 7.95. The third kappa shape index (κ3) is 6.38. The van der Waals surface area contributed by atoms with Crippen molar-refractivity contribution >= 4 is 17.5 Å². The van der Waals surface area contributed by atoms with Gasteiger partial charge in [0.1, 0.15) is 6.04 Å². The number of nitrogens with one attached hydrogen (secondary N) is 2. The molecule has 11 nitrogen and oxygen atoms in total. The van der Waals surface area contributed by atoms with Gasteiger partial charge >= 0.3 is 0 Å². The number of carbonyl (C=O) groups is 2. The maximum absolute atomic E-state index is 14.4. The molecular formula is C38H46N4O7. The average Bonchev–Trinajstić information content (AvgIpc) is 3.33. The van der Waals surface area contributed by atoms with Gasteiger partial charge in [-0.05, 0) is 72.1 Å². The zero-order chi connectivity index (χ0) is 35.0. The number of amides is 2. The number of pyridine rings is 1. The molecule has 6 rings (SSSR count). The lowest BCUT2D eigenvalue weighted by Crippen LogP contribution is -2.54. The maximum Gasteiger partial charge on any atom is 0.250 e. The van der Waals surface area contributed by atoms with E-state index in [2.05, 4.69) is 10.6 Å². The molecule has 1 aliphatic carbocycles. The second-order valence-corrected chi connectivity index (χ2v) is 13.5. The summed E-state index contributed by atoms with van der Waals surface area (Å²) in [6.07, 6.45) is 2.81. The van der Waals surface area contributed by atoms with Crippen LogP contribution in [0.4, 0.5) is 5.69 Å². The summed E-state index contributed by atoms with van der Waals surface area (Å²) in [5.74, 6) is 1.37. The number of rotatable bonds is 9. The molecule has 1 saturated heterocycles. The van der Waals surface area contributed by atoms with Crippen molar-refractivity contribution in [1.29, 1.82) is 0 Å². The molecule has 1 aromatic heterocycles. The highest BCUT2D eigenvalue weighted by Gasteiger charge is 2.39. The standard InChI is InChI=1S/C38H46N4O7/c1-7-21(2)35(38(46)41-18-23-15-25(20-41)30-9-8-10-33(45)42(30)19-23)40-29-14-12-26-27(17-31(29)44)28(39-22(3)43)13-11-24-16-32(47-4)36(48-5)37(49-6)34(24)26/h8-10,12,14,16-17,21,23,25,28,35H,7,11,13,15,18-20H2,1-6H3,(H,39,43)(H,40,44)/t21-,23+,25-,28+,35-/m1/s1. The predicted molar refractivity (Wildman–Crippen MR) is 188 cm³/mol. The summed E-state index contributed by atoms with van der Waals surface area (Å²) in [6, 6.07) is 11.4. The lowest BCUT2D eigenvalue weighted by Gasteiger charge is -2.44. The highest BCUT2D eigenvalue weighted by molar-refractivity contribution is 5.86. The molecule has 5 atom stereocenters. The molecule has 3 aromatic rings. The van der Waals surface area contributed by atoms with Crippen molar-refractivity contribution in [2.45, 2.75) is 71.0 Å². The van der Waals surface area contributed by atoms with Gasteiger partial charge in [-0.2, -0.15) is 0 Å². The van der Waals surface area contributed by atoms with Crippen LogP contribution in [0.3, 0.4) is 0 Å². The van der Waals surface area contributed by atoms with Gasteiger partial charge in [0.2, 0.25) is 23.0 Å². The van der Waals surface area contributed by atoms with Crippen molar-refractivity contribution in [3.63, 3.8) is 0 Å². The van der Waals surface area contributed by atoms with Crippen molar-refractivity contribution in [2.24, 2.45) is 11.8 Å². The molecule has 0 saturated carbocycles. The van der Waals surface area contributed by atoms with E-state index in [4.69, 9.17) is 14.2 Å². The van der Waals surface area contributed by atoms with Gasteiger partial charge in [0.25, 0.3) is 5.56 Å². The molecule has 0 unspecified atom stereocenters. The molecule has 3 heterocycles. The molecule has 11 heteroatoms. The van der Waals surface area contributed by atoms with E-state index in [9.17, 15) is 19.2 Å². The van der Waals surface area contributed by atoms with Crippen LogP contribution in [-0.2, 0) is 22.6 Å². The largest absolute Gasteiger partial charge is 0.493 e. The van der Waals surface area contributed by atoms with E-state index >= 15 is 0 Å². The molecule has 3 aliphatic rings. The first kappa shape index (κ1) is 34.1. The number of aryl methyl sites for hydroxylation is 1. The van der Waals surface area contributed by atoms with Gasteiger partial charge < -0.3 is 34.3 Å². The summed E-state index contributed by atoms with van der Waals surface area (Å²) in [6.45, 7) is 7.20. The Hall–Kier alpha value is -4.80. The number of aromatic nitrogens is 1. The van der Waals surface area contributed by atoms with E-state index in [1.165, 1.54) is 6.92 Å². The number of nitrogens with zero attached hydrogens (tertiary/aromatic N) is 2. The Bertz CT molecular complexity index is 1890. The third-order valence-electron chi connectivity index (χ3n) is 10.5. The summed E-state index contributed by atoms with van der Waals surface area (Å²) in [5, 5.41) is 6.42. The van der Waals surface area contributed by atoms with E-state index in [0.717, 1.165) is 35.2 Å². The Morgan fingerprint density at radius 3 is 2.45 bits per heavy atom. The van der Waals surface area contributed by atoms with E-state index in [0.29, 0.717) is 61.0 Å². The molecular weight excluding hydrogens is 624 g/mol. The summed E-state index contributed by atoms with van der Waals surface area (Å²) in [7, 11) is 4.69. The van der Waals surface area contributed by atoms with Crippen LogP contribution in [0.1, 0.15) is 68.8 Å². The van der Waals surface area contributed by atoms with Crippen LogP contribution >= 0.6 is 0 Å². The fraction of sp³-hybridized carbons (Fsp3) is 0.474. The number of ether oxygens (including phenoxy) is 3. The van der Waals surface area contributed by atoms with Crippen LogP contribution in [0.15, 0.2) is 52.1 Å². The SMILES string of the molecule is CC[C@@H](C)[C@@H](Nc1ccc2c(cc1=O)[C@@H](NC(C)=O)CCc1cc(OC)c(OC)c(OC)c1-2)C(=O)N1C[C@@H]2C[C@H](C1)c1cccc(=O)n1C2. The lowest BCUT2D eigenvalue weighted by molar-refractivity contribution is -0.135. The van der Waals surface area contributed by atoms with Crippen LogP contribution in [0, 0.1) is 11.8 Å². The Morgan fingerprint density at radius 2 is 1.76 bits per heavy atom. The molecule has 0 radical (unpaired) electrons. The summed E-state index contributed by atoms with van der Waals surface area (Å²) >= 11 is 0. The molecule has 2 amide bonds. The first-order chi connectivity index (χ1) is 23.6. The number of benzene rings is 1. The van der Waals surface area contributed by atoms with Crippen LogP contribution < -0.4 is 35.8 Å². The van der Waals surface area contributed by atoms with Crippen LogP contribution in [-0.4, -0.2) is 61.7 Å². The number of methoxy groups -OCH3 is 3. The van der Waals surface area contributed by atoms with Gasteiger partial charge in [-0.3, -0.25) is 19.2 Å². The molecule has 2 aliphatic heterocycles. The molecule has 49 heavy (non-hydrogen) atoms. The van der Waals surface area contributed by atoms with Gasteiger partial charge in [0.05, 0.1) is 33.1 Å². The van der Waals surface area contributed by atoms with Gasteiger partial charge in [-0.25, -0.2) is 0 Å². The van der Waals surface area contributed by atoms with Gasteiger partial charge in [-0.1, -0.05) is 32.4 Å². The van der Waals surface area contributed by atoms with Crippen molar-refractivity contribution in [1.82, 2.24) is 14.8 Å². The first-order valence-corrected chi connectivity index (χ1v) is 17.1. The predicted octanol–water partition coefficient (Wildman–Crippen LogP) is 4.50. The highest BCUT2D eigenvalue weighted by Crippen LogP contribution is 2.50. The van der Waals surface area contributed by atoms with Gasteiger partial charge in [0, 0.05) is 49.8 Å². The summed E-state index contributed by atoms with van der Waals surface area (Å²) in [4.78, 5) is 55.3. The second-order valence-electron chi connectivity index (χ2n) is 13.5. The lowest BCUT2D eigenvalue weighted by atomic mass is 9.82. The van der Waals surface area contributed by atoms with Gasteiger partial charge in [-0.15, -0.1) is 0 Å². The number of carbonyl (C=O) groups excluding carboxylic acids is 2. The molecule has 1 fully saturated rings. The topological polar surface area (TPSA) is 128 Å². The monoisotopic (exact) mass is 670 g/mol. The highest BCUT2D eigenvalue weighted by atomic mass is 16.5. The number of anilines is 1. The van der Waals surface area contributed by atoms with Crippen molar-refractivity contribution in [3.8, 4) is 28.4 Å². The number of fused-ring (bicyclic) bond motifs is 7. The zero-order valence-corrected chi connectivity index (χ0v) is 29.1. The smallest absolute Gasteiger partial charge is 0.250 e. The van der Waals surface area contributed by atoms with Crippen LogP contribution in [0.5, 0.6) is 17.2 Å². The summed E-state index contributed by atoms with van der Waals surface area (Å²) in [5.41, 5.74) is 4.06. The van der Waals surface area contributed by atoms with E-state index < -0.39 is 12.1 Å². The minimum Gasteiger partial charge on any atom is -0.493 e. The molecule has 260 valence electrons. The normalized spacial score (nSPS) is 20.4. The Kier molecular flexibility index (Phi) is 9.72. The molecule has 0 spiro atoms. The second kappa shape index (κ2) is 14.0. The maximum atomic E-state index is 14.4. The van der Waals surface area contributed by atoms with Crippen molar-refractivity contribution < 1.29 is 23.8 Å². The van der Waals surface area contributed by atoms with E-state index in [1.54, 1.807) is 45.6 Å². The molecule has 2 N–H and O–H groups in total. The average molecular weight is 671 g/mol. The first-order valence-electron chi connectivity index (χ1n) is 17.1. The summed E-state index contributed by atoms with van der Waals surface area (Å²) < 4.78 is 19.1. The van der Waals surface area contributed by atoms with Crippen LogP contribution in [0.25, 0.3) is 11.1 Å². The van der Waals surface area contributed by atoms with E-state index in [-0.39, 0.29) is 40.6 Å². The van der Waals surface area contributed by atoms with Gasteiger partial charge in [0.15, 0.2) is 11.5 Å². The third-order valence-corrected chi connectivity index (χ3v) is 10.5. The molecule has 2 bridgehead atoms. The molecule has 2 aromatic carbocycles. The Morgan fingerprint density at radius 1 is 0.980 bits per heavy atom. The number of hydrogen-bond acceptors (Lipinski definition) is 8. The Labute approximate surface area is 286 Å². The minimum atomic E-state index is -0.644. The minimum absolute atomic E-state index is 0.00279. The number of hydrogen-bond donors (Lipinski definition) is 2. The zero-order valence-electron chi connectivity index (χ0n) is 29.1. The van der Waals surface area contributed by atoms with Crippen molar-refractivity contribution in [3.05, 3.63) is 79.9 Å². The van der Waals surface area contributed by atoms with Crippen LogP contribution in [0.2, 0.25) is 0 Å². The number of likely N-dealkylation sites (tertiary alicyclic amines) is 1. The Balaban J connectivity index is 1.40. The fourth-order valence-corrected chi connectivity index (χ4v) is 7.95. The van der Waals surface area contributed by atoms with Crippen molar-refractivity contribution in [2.75, 3.05) is 39.7 Å².